The molecule has 0 saturated heterocycles. The zero-order valence-electron chi connectivity index (χ0n) is 10.6. The van der Waals surface area contributed by atoms with E-state index in [1.807, 2.05) is 36.7 Å². The Labute approximate surface area is 107 Å². The van der Waals surface area contributed by atoms with Crippen molar-refractivity contribution in [1.29, 1.82) is 0 Å². The maximum atomic E-state index is 11.7. The number of sulfone groups is 1. The number of rotatable bonds is 3. The fourth-order valence-corrected chi connectivity index (χ4v) is 2.69. The first-order chi connectivity index (χ1) is 8.39. The first-order valence-electron chi connectivity index (χ1n) is 5.60. The van der Waals surface area contributed by atoms with E-state index in [9.17, 15) is 8.42 Å². The molecule has 0 aliphatic heterocycles. The van der Waals surface area contributed by atoms with Crippen LogP contribution in [0.25, 0.3) is 0 Å². The van der Waals surface area contributed by atoms with Gasteiger partial charge in [0.1, 0.15) is 0 Å². The van der Waals surface area contributed by atoms with E-state index in [0.29, 0.717) is 10.6 Å². The van der Waals surface area contributed by atoms with Crippen LogP contribution in [-0.4, -0.2) is 19.3 Å². The summed E-state index contributed by atoms with van der Waals surface area (Å²) >= 11 is 0. The summed E-state index contributed by atoms with van der Waals surface area (Å²) in [6, 6.07) is 10.8. The summed E-state index contributed by atoms with van der Waals surface area (Å²) in [7, 11) is -3.24. The van der Waals surface area contributed by atoms with Crippen molar-refractivity contribution in [3.63, 3.8) is 0 Å². The molecule has 1 N–H and O–H groups in total. The standard InChI is InChI=1S/C13H16N2O2S/c1-10-8-9-11(2)15(10)14-12-6-4-5-7-13(12)18(3,16)17/h4-9,14H,1-3H3. The zero-order valence-corrected chi connectivity index (χ0v) is 11.5. The fraction of sp³-hybridized carbons (Fsp3) is 0.231. The molecule has 1 aromatic carbocycles. The highest BCUT2D eigenvalue weighted by Gasteiger charge is 2.13. The molecule has 2 rings (SSSR count). The molecule has 2 aromatic rings. The van der Waals surface area contributed by atoms with Crippen molar-refractivity contribution < 1.29 is 8.42 Å². The van der Waals surface area contributed by atoms with Crippen molar-refractivity contribution in [3.8, 4) is 0 Å². The molecule has 1 heterocycles. The minimum atomic E-state index is -3.24. The van der Waals surface area contributed by atoms with E-state index in [0.717, 1.165) is 11.4 Å². The molecule has 5 heteroatoms. The van der Waals surface area contributed by atoms with Crippen LogP contribution in [-0.2, 0) is 9.84 Å². The Morgan fingerprint density at radius 3 is 2.11 bits per heavy atom. The van der Waals surface area contributed by atoms with Crippen LogP contribution in [0, 0.1) is 13.8 Å². The molecule has 0 amide bonds. The van der Waals surface area contributed by atoms with Gasteiger partial charge in [-0.3, -0.25) is 10.1 Å². The summed E-state index contributed by atoms with van der Waals surface area (Å²) in [6.45, 7) is 3.92. The molecular weight excluding hydrogens is 248 g/mol. The van der Waals surface area contributed by atoms with E-state index in [4.69, 9.17) is 0 Å². The van der Waals surface area contributed by atoms with Crippen LogP contribution in [0.15, 0.2) is 41.3 Å². The van der Waals surface area contributed by atoms with E-state index >= 15 is 0 Å². The number of hydrogen-bond donors (Lipinski definition) is 1. The molecule has 0 aliphatic carbocycles. The zero-order chi connectivity index (χ0) is 13.3. The minimum Gasteiger partial charge on any atom is -0.293 e. The Morgan fingerprint density at radius 2 is 1.56 bits per heavy atom. The number of para-hydroxylation sites is 1. The molecule has 0 spiro atoms. The van der Waals surface area contributed by atoms with Crippen molar-refractivity contribution in [2.75, 3.05) is 11.7 Å². The number of hydrogen-bond acceptors (Lipinski definition) is 3. The van der Waals surface area contributed by atoms with Gasteiger partial charge in [0.05, 0.1) is 10.6 Å². The van der Waals surface area contributed by atoms with E-state index in [-0.39, 0.29) is 0 Å². The third kappa shape index (κ3) is 2.41. The molecule has 0 saturated carbocycles. The van der Waals surface area contributed by atoms with Crippen LogP contribution < -0.4 is 5.43 Å². The van der Waals surface area contributed by atoms with E-state index in [1.54, 1.807) is 18.2 Å². The predicted molar refractivity (Wildman–Crippen MR) is 72.5 cm³/mol. The molecule has 96 valence electrons. The van der Waals surface area contributed by atoms with Gasteiger partial charge in [-0.15, -0.1) is 0 Å². The number of aromatic nitrogens is 1. The summed E-state index contributed by atoms with van der Waals surface area (Å²) in [5.41, 5.74) is 5.77. The van der Waals surface area contributed by atoms with Crippen molar-refractivity contribution in [2.24, 2.45) is 0 Å². The summed E-state index contributed by atoms with van der Waals surface area (Å²) in [5, 5.41) is 0. The van der Waals surface area contributed by atoms with Crippen LogP contribution in [0.2, 0.25) is 0 Å². The molecule has 0 unspecified atom stereocenters. The molecule has 0 aliphatic rings. The number of anilines is 1. The highest BCUT2D eigenvalue weighted by molar-refractivity contribution is 7.90. The average molecular weight is 264 g/mol. The molecule has 18 heavy (non-hydrogen) atoms. The van der Waals surface area contributed by atoms with E-state index < -0.39 is 9.84 Å². The summed E-state index contributed by atoms with van der Waals surface area (Å²) in [4.78, 5) is 0.303. The lowest BCUT2D eigenvalue weighted by Crippen LogP contribution is -2.14. The Kier molecular flexibility index (Phi) is 3.17. The Morgan fingerprint density at radius 1 is 1.00 bits per heavy atom. The summed E-state index contributed by atoms with van der Waals surface area (Å²) in [5.74, 6) is 0. The first kappa shape index (κ1) is 12.7. The van der Waals surface area contributed by atoms with Gasteiger partial charge < -0.3 is 0 Å². The number of nitrogens with one attached hydrogen (secondary N) is 1. The van der Waals surface area contributed by atoms with Gasteiger partial charge in [0.2, 0.25) is 0 Å². The highest BCUT2D eigenvalue weighted by Crippen LogP contribution is 2.21. The monoisotopic (exact) mass is 264 g/mol. The topological polar surface area (TPSA) is 51.1 Å². The van der Waals surface area contributed by atoms with E-state index in [1.165, 1.54) is 6.26 Å². The molecule has 0 radical (unpaired) electrons. The third-order valence-electron chi connectivity index (χ3n) is 2.79. The maximum absolute atomic E-state index is 11.7. The smallest absolute Gasteiger partial charge is 0.177 e. The lowest BCUT2D eigenvalue weighted by atomic mass is 10.3. The lowest BCUT2D eigenvalue weighted by molar-refractivity contribution is 0.602. The largest absolute Gasteiger partial charge is 0.293 e. The summed E-state index contributed by atoms with van der Waals surface area (Å²) < 4.78 is 25.3. The third-order valence-corrected chi connectivity index (χ3v) is 3.94. The molecule has 0 bridgehead atoms. The van der Waals surface area contributed by atoms with Crippen LogP contribution in [0.1, 0.15) is 11.4 Å². The van der Waals surface area contributed by atoms with Crippen molar-refractivity contribution in [1.82, 2.24) is 4.68 Å². The second-order valence-corrected chi connectivity index (χ2v) is 6.32. The van der Waals surface area contributed by atoms with Crippen LogP contribution in [0.5, 0.6) is 0 Å². The van der Waals surface area contributed by atoms with Crippen LogP contribution >= 0.6 is 0 Å². The van der Waals surface area contributed by atoms with E-state index in [2.05, 4.69) is 5.43 Å². The number of nitrogens with zero attached hydrogens (tertiary/aromatic N) is 1. The quantitative estimate of drug-likeness (QED) is 0.926. The maximum Gasteiger partial charge on any atom is 0.177 e. The van der Waals surface area contributed by atoms with Gasteiger partial charge in [-0.1, -0.05) is 12.1 Å². The Balaban J connectivity index is 2.48. The SMILES string of the molecule is Cc1ccc(C)n1Nc1ccccc1S(C)(=O)=O. The van der Waals surface area contributed by atoms with Gasteiger partial charge in [-0.25, -0.2) is 8.42 Å². The number of benzene rings is 1. The van der Waals surface area contributed by atoms with Gasteiger partial charge in [-0.05, 0) is 38.1 Å². The van der Waals surface area contributed by atoms with Gasteiger partial charge in [0.15, 0.2) is 9.84 Å². The van der Waals surface area contributed by atoms with Crippen molar-refractivity contribution in [3.05, 3.63) is 47.8 Å². The predicted octanol–water partition coefficient (Wildman–Crippen LogP) is 2.38. The number of aryl methyl sites for hydroxylation is 2. The second-order valence-electron chi connectivity index (χ2n) is 4.33. The van der Waals surface area contributed by atoms with Crippen molar-refractivity contribution >= 4 is 15.5 Å². The first-order valence-corrected chi connectivity index (χ1v) is 7.50. The minimum absolute atomic E-state index is 0.303. The average Bonchev–Trinajstić information content (AvgIpc) is 2.60. The molecule has 0 fully saturated rings. The van der Waals surface area contributed by atoms with Gasteiger partial charge >= 0.3 is 0 Å². The molecule has 1 aromatic heterocycles. The van der Waals surface area contributed by atoms with Gasteiger partial charge in [0, 0.05) is 17.6 Å². The van der Waals surface area contributed by atoms with Gasteiger partial charge in [-0.2, -0.15) is 0 Å². The lowest BCUT2D eigenvalue weighted by Gasteiger charge is -2.15. The van der Waals surface area contributed by atoms with Crippen LogP contribution in [0.3, 0.4) is 0 Å². The van der Waals surface area contributed by atoms with Crippen molar-refractivity contribution in [2.45, 2.75) is 18.7 Å². The molecule has 0 atom stereocenters. The summed E-state index contributed by atoms with van der Waals surface area (Å²) in [6.07, 6.45) is 1.21. The highest BCUT2D eigenvalue weighted by atomic mass is 32.2. The molecular formula is C13H16N2O2S. The fourth-order valence-electron chi connectivity index (χ4n) is 1.85. The Hall–Kier alpha value is -1.75. The normalized spacial score (nSPS) is 11.5. The Bertz CT molecular complexity index is 653. The second kappa shape index (κ2) is 4.49. The molecule has 4 nitrogen and oxygen atoms in total. The van der Waals surface area contributed by atoms with Gasteiger partial charge in [0.25, 0.3) is 0 Å². The van der Waals surface area contributed by atoms with Crippen LogP contribution in [0.4, 0.5) is 5.69 Å².